The Morgan fingerprint density at radius 1 is 0.955 bits per heavy atom. The van der Waals surface area contributed by atoms with Gasteiger partial charge in [0.1, 0.15) is 5.76 Å². The molecular weight excluding hydrogens is 272 g/mol. The van der Waals surface area contributed by atoms with Crippen molar-refractivity contribution in [2.45, 2.75) is 26.7 Å². The molecule has 0 radical (unpaired) electrons. The lowest BCUT2D eigenvalue weighted by Gasteiger charge is -2.23. The SMILES string of the molecule is CC(=O)OC(=C(C)C)C1[C@@H]2[C@H]1[C@H]1C=C[C@@H]2C1c1ccccc1. The van der Waals surface area contributed by atoms with E-state index in [1.807, 2.05) is 0 Å². The number of benzene rings is 1. The molecule has 0 aromatic heterocycles. The van der Waals surface area contributed by atoms with Crippen molar-refractivity contribution in [2.75, 3.05) is 0 Å². The summed E-state index contributed by atoms with van der Waals surface area (Å²) in [7, 11) is 0. The molecule has 2 nitrogen and oxygen atoms in total. The van der Waals surface area contributed by atoms with Gasteiger partial charge in [0.05, 0.1) is 0 Å². The highest BCUT2D eigenvalue weighted by atomic mass is 16.5. The summed E-state index contributed by atoms with van der Waals surface area (Å²) in [6.45, 7) is 5.60. The molecule has 2 saturated carbocycles. The van der Waals surface area contributed by atoms with Gasteiger partial charge in [0.15, 0.2) is 0 Å². The van der Waals surface area contributed by atoms with E-state index in [-0.39, 0.29) is 5.97 Å². The molecular formula is C20H22O2. The number of carbonyl (C=O) groups is 1. The lowest BCUT2D eigenvalue weighted by atomic mass is 9.82. The van der Waals surface area contributed by atoms with Crippen LogP contribution in [0.2, 0.25) is 0 Å². The van der Waals surface area contributed by atoms with Crippen LogP contribution in [0.15, 0.2) is 53.8 Å². The quantitative estimate of drug-likeness (QED) is 0.472. The summed E-state index contributed by atoms with van der Waals surface area (Å²) in [6.07, 6.45) is 4.81. The molecule has 22 heavy (non-hydrogen) atoms. The Hall–Kier alpha value is -1.83. The molecule has 2 heteroatoms. The number of allylic oxidation sites excluding steroid dienone is 4. The van der Waals surface area contributed by atoms with E-state index in [0.29, 0.717) is 35.5 Å². The van der Waals surface area contributed by atoms with Gasteiger partial charge in [-0.2, -0.15) is 0 Å². The number of rotatable bonds is 3. The van der Waals surface area contributed by atoms with E-state index in [0.717, 1.165) is 11.3 Å². The molecule has 2 bridgehead atoms. The van der Waals surface area contributed by atoms with Crippen LogP contribution in [0.25, 0.3) is 0 Å². The molecule has 4 rings (SSSR count). The number of ether oxygens (including phenoxy) is 1. The highest BCUT2D eigenvalue weighted by Gasteiger charge is 2.69. The Balaban J connectivity index is 1.59. The maximum Gasteiger partial charge on any atom is 0.307 e. The van der Waals surface area contributed by atoms with Gasteiger partial charge in [-0.15, -0.1) is 0 Å². The highest BCUT2D eigenvalue weighted by molar-refractivity contribution is 5.67. The average molecular weight is 294 g/mol. The van der Waals surface area contributed by atoms with E-state index in [4.69, 9.17) is 4.74 Å². The van der Waals surface area contributed by atoms with Gasteiger partial charge in [-0.3, -0.25) is 4.79 Å². The third-order valence-electron chi connectivity index (χ3n) is 5.64. The van der Waals surface area contributed by atoms with Crippen LogP contribution in [0.5, 0.6) is 0 Å². The largest absolute Gasteiger partial charge is 0.431 e. The first-order valence-corrected chi connectivity index (χ1v) is 8.18. The number of hydrogen-bond acceptors (Lipinski definition) is 2. The Bertz CT molecular complexity index is 646. The van der Waals surface area contributed by atoms with Crippen LogP contribution in [-0.4, -0.2) is 5.97 Å². The van der Waals surface area contributed by atoms with Crippen molar-refractivity contribution in [3.05, 3.63) is 59.4 Å². The van der Waals surface area contributed by atoms with Gasteiger partial charge in [0.25, 0.3) is 0 Å². The summed E-state index contributed by atoms with van der Waals surface area (Å²) in [6, 6.07) is 10.9. The number of esters is 1. The van der Waals surface area contributed by atoms with Gasteiger partial charge in [-0.05, 0) is 54.6 Å². The molecule has 1 aromatic rings. The van der Waals surface area contributed by atoms with Crippen molar-refractivity contribution in [1.82, 2.24) is 0 Å². The predicted molar refractivity (Wildman–Crippen MR) is 85.9 cm³/mol. The Morgan fingerprint density at radius 3 is 2.05 bits per heavy atom. The van der Waals surface area contributed by atoms with Gasteiger partial charge in [0.2, 0.25) is 0 Å². The van der Waals surface area contributed by atoms with E-state index in [2.05, 4.69) is 56.3 Å². The normalized spacial score (nSPS) is 36.9. The summed E-state index contributed by atoms with van der Waals surface area (Å²) >= 11 is 0. The third-order valence-corrected chi connectivity index (χ3v) is 5.64. The van der Waals surface area contributed by atoms with Gasteiger partial charge in [0, 0.05) is 12.8 Å². The minimum absolute atomic E-state index is 0.193. The molecule has 2 fully saturated rings. The summed E-state index contributed by atoms with van der Waals surface area (Å²) in [5, 5.41) is 0. The predicted octanol–water partition coefficient (Wildman–Crippen LogP) is 4.31. The Kier molecular flexibility index (Phi) is 3.04. The summed E-state index contributed by atoms with van der Waals surface area (Å²) in [5.41, 5.74) is 2.60. The minimum atomic E-state index is -0.193. The Labute approximate surface area is 131 Å². The average Bonchev–Trinajstić information content (AvgIpc) is 2.97. The van der Waals surface area contributed by atoms with Crippen LogP contribution >= 0.6 is 0 Å². The van der Waals surface area contributed by atoms with E-state index in [1.54, 1.807) is 0 Å². The molecule has 0 spiro atoms. The molecule has 2 unspecified atom stereocenters. The molecule has 0 saturated heterocycles. The first-order valence-electron chi connectivity index (χ1n) is 8.18. The standard InChI is InChI=1S/C20H22O2/c1-11(2)20(22-12(3)21)19-17-14-9-10-15(18(17)19)16(14)13-7-5-4-6-8-13/h4-10,14-19H,1-3H3/t14-,15+,16?,17+,18-,19?. The zero-order chi connectivity index (χ0) is 15.4. The van der Waals surface area contributed by atoms with Gasteiger partial charge in [-0.25, -0.2) is 0 Å². The maximum absolute atomic E-state index is 11.4. The summed E-state index contributed by atoms with van der Waals surface area (Å²) in [4.78, 5) is 11.4. The van der Waals surface area contributed by atoms with Crippen molar-refractivity contribution in [3.63, 3.8) is 0 Å². The number of fused-ring (bicyclic) bond motifs is 5. The third kappa shape index (κ3) is 1.89. The monoisotopic (exact) mass is 294 g/mol. The molecule has 114 valence electrons. The molecule has 3 aliphatic rings. The van der Waals surface area contributed by atoms with Crippen molar-refractivity contribution in [3.8, 4) is 0 Å². The zero-order valence-electron chi connectivity index (χ0n) is 13.3. The summed E-state index contributed by atoms with van der Waals surface area (Å²) in [5.74, 6) is 4.34. The lowest BCUT2D eigenvalue weighted by Crippen LogP contribution is -2.16. The highest BCUT2D eigenvalue weighted by Crippen LogP contribution is 2.73. The molecule has 0 aliphatic heterocycles. The first-order chi connectivity index (χ1) is 10.6. The van der Waals surface area contributed by atoms with Crippen LogP contribution < -0.4 is 0 Å². The Morgan fingerprint density at radius 2 is 1.55 bits per heavy atom. The van der Waals surface area contributed by atoms with Crippen molar-refractivity contribution >= 4 is 5.97 Å². The lowest BCUT2D eigenvalue weighted by molar-refractivity contribution is -0.137. The van der Waals surface area contributed by atoms with Crippen LogP contribution in [0.3, 0.4) is 0 Å². The van der Waals surface area contributed by atoms with Crippen molar-refractivity contribution < 1.29 is 9.53 Å². The minimum Gasteiger partial charge on any atom is -0.431 e. The first kappa shape index (κ1) is 13.8. The fraction of sp³-hybridized carbons (Fsp3) is 0.450. The molecule has 0 heterocycles. The van der Waals surface area contributed by atoms with E-state index in [9.17, 15) is 4.79 Å². The van der Waals surface area contributed by atoms with Gasteiger partial charge >= 0.3 is 5.97 Å². The second-order valence-electron chi connectivity index (χ2n) is 7.11. The second kappa shape index (κ2) is 4.84. The van der Waals surface area contributed by atoms with E-state index < -0.39 is 0 Å². The van der Waals surface area contributed by atoms with E-state index in [1.165, 1.54) is 12.5 Å². The maximum atomic E-state index is 11.4. The van der Waals surface area contributed by atoms with Crippen LogP contribution in [0.1, 0.15) is 32.3 Å². The zero-order valence-corrected chi connectivity index (χ0v) is 13.3. The number of hydrogen-bond donors (Lipinski definition) is 0. The second-order valence-corrected chi connectivity index (χ2v) is 7.11. The van der Waals surface area contributed by atoms with Crippen molar-refractivity contribution in [2.24, 2.45) is 29.6 Å². The fourth-order valence-corrected chi connectivity index (χ4v) is 4.97. The van der Waals surface area contributed by atoms with Gasteiger partial charge in [-0.1, -0.05) is 42.5 Å². The van der Waals surface area contributed by atoms with E-state index >= 15 is 0 Å². The molecule has 0 N–H and O–H groups in total. The van der Waals surface area contributed by atoms with Crippen molar-refractivity contribution in [1.29, 1.82) is 0 Å². The number of carbonyl (C=O) groups excluding carboxylic acids is 1. The van der Waals surface area contributed by atoms with Crippen LogP contribution in [0.4, 0.5) is 0 Å². The topological polar surface area (TPSA) is 26.3 Å². The fourth-order valence-electron chi connectivity index (χ4n) is 4.97. The molecule has 1 aromatic carbocycles. The van der Waals surface area contributed by atoms with Gasteiger partial charge < -0.3 is 4.74 Å². The molecule has 3 aliphatic carbocycles. The molecule has 0 amide bonds. The van der Waals surface area contributed by atoms with Crippen LogP contribution in [0, 0.1) is 29.6 Å². The summed E-state index contributed by atoms with van der Waals surface area (Å²) < 4.78 is 5.55. The molecule has 6 atom stereocenters. The smallest absolute Gasteiger partial charge is 0.307 e. The van der Waals surface area contributed by atoms with Crippen LogP contribution in [-0.2, 0) is 9.53 Å².